The molecule has 0 radical (unpaired) electrons. The molecule has 1 heterocycles. The first-order valence-corrected chi connectivity index (χ1v) is 11.2. The number of likely N-dealkylation sites (tertiary alicyclic amines) is 1. The number of hydrogen-bond acceptors (Lipinski definition) is 3. The number of halogens is 3. The maximum atomic E-state index is 13.3. The Labute approximate surface area is 162 Å². The number of nitrogens with zero attached hydrogens (tertiary/aromatic N) is 2. The van der Waals surface area contributed by atoms with Crippen molar-refractivity contribution in [3.63, 3.8) is 0 Å². The van der Waals surface area contributed by atoms with E-state index < -0.39 is 10.0 Å². The fraction of sp³-hybridized carbons (Fsp3) is 0.625. The maximum absolute atomic E-state index is 13.3. The van der Waals surface area contributed by atoms with Crippen molar-refractivity contribution in [2.24, 2.45) is 0 Å². The average molecular weight is 456 g/mol. The molecule has 24 heavy (non-hydrogen) atoms. The minimum atomic E-state index is -3.71. The summed E-state index contributed by atoms with van der Waals surface area (Å²) in [6.07, 6.45) is 3.54. The van der Waals surface area contributed by atoms with Crippen molar-refractivity contribution in [1.82, 2.24) is 9.21 Å². The van der Waals surface area contributed by atoms with Crippen molar-refractivity contribution in [1.29, 1.82) is 0 Å². The van der Waals surface area contributed by atoms with Crippen LogP contribution in [0.15, 0.2) is 21.5 Å². The number of sulfonamides is 1. The summed E-state index contributed by atoms with van der Waals surface area (Å²) in [6, 6.07) is 3.29. The zero-order chi connectivity index (χ0) is 17.5. The van der Waals surface area contributed by atoms with Crippen molar-refractivity contribution in [2.75, 3.05) is 19.6 Å². The molecular weight excluding hydrogens is 435 g/mol. The summed E-state index contributed by atoms with van der Waals surface area (Å²) in [5.74, 6) is 0. The molecule has 0 spiro atoms. The van der Waals surface area contributed by atoms with Gasteiger partial charge in [-0.05, 0) is 57.5 Å². The first kappa shape index (κ1) is 18.9. The standard InChI is InChI=1S/C16H21BrCl2N2O2S/c1-2-20-7-5-13(6-8-20)21(12-3-4-12)24(22,23)16-14(18)9-11(17)10-15(16)19/h9-10,12-13H,2-8H2,1H3. The van der Waals surface area contributed by atoms with Crippen LogP contribution in [0.3, 0.4) is 0 Å². The Morgan fingerprint density at radius 1 is 1.12 bits per heavy atom. The minimum Gasteiger partial charge on any atom is -0.303 e. The summed E-state index contributed by atoms with van der Waals surface area (Å²) in [4.78, 5) is 2.40. The first-order valence-electron chi connectivity index (χ1n) is 8.25. The highest BCUT2D eigenvalue weighted by Gasteiger charge is 2.44. The van der Waals surface area contributed by atoms with Gasteiger partial charge < -0.3 is 4.90 Å². The third-order valence-corrected chi connectivity index (χ3v) is 8.15. The number of benzene rings is 1. The lowest BCUT2D eigenvalue weighted by Gasteiger charge is -2.37. The van der Waals surface area contributed by atoms with Crippen LogP contribution in [0.2, 0.25) is 10.0 Å². The van der Waals surface area contributed by atoms with Crippen LogP contribution in [0.4, 0.5) is 0 Å². The van der Waals surface area contributed by atoms with E-state index in [1.54, 1.807) is 16.4 Å². The lowest BCUT2D eigenvalue weighted by Crippen LogP contribution is -2.48. The van der Waals surface area contributed by atoms with Gasteiger partial charge in [0.25, 0.3) is 0 Å². The molecule has 134 valence electrons. The molecule has 1 aliphatic carbocycles. The van der Waals surface area contributed by atoms with E-state index in [1.807, 2.05) is 0 Å². The molecule has 1 aliphatic heterocycles. The number of piperidine rings is 1. The van der Waals surface area contributed by atoms with Gasteiger partial charge in [-0.2, -0.15) is 4.31 Å². The summed E-state index contributed by atoms with van der Waals surface area (Å²) in [7, 11) is -3.71. The van der Waals surface area contributed by atoms with Crippen LogP contribution in [0, 0.1) is 0 Å². The second kappa shape index (κ2) is 7.41. The van der Waals surface area contributed by atoms with E-state index in [0.29, 0.717) is 4.47 Å². The molecule has 1 saturated carbocycles. The van der Waals surface area contributed by atoms with E-state index in [-0.39, 0.29) is 27.0 Å². The molecule has 8 heteroatoms. The van der Waals surface area contributed by atoms with E-state index in [9.17, 15) is 8.42 Å². The summed E-state index contributed by atoms with van der Waals surface area (Å²) in [5.41, 5.74) is 0. The predicted molar refractivity (Wildman–Crippen MR) is 101 cm³/mol. The summed E-state index contributed by atoms with van der Waals surface area (Å²) in [5, 5.41) is 0.344. The highest BCUT2D eigenvalue weighted by Crippen LogP contribution is 2.41. The van der Waals surface area contributed by atoms with Gasteiger partial charge in [0.15, 0.2) is 0 Å². The Balaban J connectivity index is 1.94. The van der Waals surface area contributed by atoms with Crippen molar-refractivity contribution < 1.29 is 8.42 Å². The maximum Gasteiger partial charge on any atom is 0.246 e. The van der Waals surface area contributed by atoms with Gasteiger partial charge in [0.1, 0.15) is 4.90 Å². The normalized spacial score (nSPS) is 20.7. The zero-order valence-corrected chi connectivity index (χ0v) is 17.4. The van der Waals surface area contributed by atoms with Gasteiger partial charge in [0.05, 0.1) is 10.0 Å². The van der Waals surface area contributed by atoms with Crippen molar-refractivity contribution >= 4 is 49.2 Å². The molecule has 1 aromatic rings. The highest BCUT2D eigenvalue weighted by atomic mass is 79.9. The molecule has 2 aliphatic rings. The van der Waals surface area contributed by atoms with Gasteiger partial charge in [0.2, 0.25) is 10.0 Å². The van der Waals surface area contributed by atoms with E-state index in [2.05, 4.69) is 27.8 Å². The summed E-state index contributed by atoms with van der Waals surface area (Å²) >= 11 is 15.8. The molecule has 3 rings (SSSR count). The molecule has 1 aromatic carbocycles. The first-order chi connectivity index (χ1) is 11.3. The van der Waals surface area contributed by atoms with Crippen LogP contribution in [-0.2, 0) is 10.0 Å². The molecule has 0 bridgehead atoms. The van der Waals surface area contributed by atoms with Gasteiger partial charge in [-0.15, -0.1) is 0 Å². The van der Waals surface area contributed by atoms with Crippen LogP contribution in [0.1, 0.15) is 32.6 Å². The van der Waals surface area contributed by atoms with E-state index in [4.69, 9.17) is 23.2 Å². The van der Waals surface area contributed by atoms with Gasteiger partial charge in [-0.1, -0.05) is 46.1 Å². The fourth-order valence-electron chi connectivity index (χ4n) is 3.39. The Morgan fingerprint density at radius 3 is 2.08 bits per heavy atom. The molecule has 2 fully saturated rings. The second-order valence-electron chi connectivity index (χ2n) is 6.43. The largest absolute Gasteiger partial charge is 0.303 e. The monoisotopic (exact) mass is 454 g/mol. The van der Waals surface area contributed by atoms with Crippen molar-refractivity contribution in [3.05, 3.63) is 26.7 Å². The SMILES string of the molecule is CCN1CCC(N(C2CC2)S(=O)(=O)c2c(Cl)cc(Br)cc2Cl)CC1. The number of hydrogen-bond donors (Lipinski definition) is 0. The Bertz CT molecular complexity index is 694. The van der Waals surface area contributed by atoms with Crippen LogP contribution in [0.25, 0.3) is 0 Å². The molecular formula is C16H21BrCl2N2O2S. The summed E-state index contributed by atoms with van der Waals surface area (Å²) < 4.78 is 29.1. The van der Waals surface area contributed by atoms with Crippen molar-refractivity contribution in [3.8, 4) is 0 Å². The minimum absolute atomic E-state index is 0.0288. The lowest BCUT2D eigenvalue weighted by atomic mass is 10.1. The molecule has 0 atom stereocenters. The van der Waals surface area contributed by atoms with Gasteiger partial charge in [-0.3, -0.25) is 0 Å². The summed E-state index contributed by atoms with van der Waals surface area (Å²) in [6.45, 7) is 5.01. The van der Waals surface area contributed by atoms with Gasteiger partial charge >= 0.3 is 0 Å². The van der Waals surface area contributed by atoms with Crippen LogP contribution in [0.5, 0.6) is 0 Å². The molecule has 0 unspecified atom stereocenters. The van der Waals surface area contributed by atoms with E-state index in [1.165, 1.54) is 0 Å². The highest BCUT2D eigenvalue weighted by molar-refractivity contribution is 9.10. The second-order valence-corrected chi connectivity index (χ2v) is 9.94. The zero-order valence-electron chi connectivity index (χ0n) is 13.5. The van der Waals surface area contributed by atoms with Gasteiger partial charge in [0, 0.05) is 16.6 Å². The van der Waals surface area contributed by atoms with Crippen LogP contribution in [-0.4, -0.2) is 49.3 Å². The number of rotatable bonds is 5. The topological polar surface area (TPSA) is 40.6 Å². The Morgan fingerprint density at radius 2 is 1.62 bits per heavy atom. The van der Waals surface area contributed by atoms with Crippen molar-refractivity contribution in [2.45, 2.75) is 49.6 Å². The Kier molecular flexibility index (Phi) is 5.84. The average Bonchev–Trinajstić information content (AvgIpc) is 3.31. The molecule has 0 N–H and O–H groups in total. The predicted octanol–water partition coefficient (Wildman–Crippen LogP) is 4.39. The molecule has 1 saturated heterocycles. The molecule has 0 amide bonds. The lowest BCUT2D eigenvalue weighted by molar-refractivity contribution is 0.161. The molecule has 4 nitrogen and oxygen atoms in total. The Hall–Kier alpha value is 0.150. The van der Waals surface area contributed by atoms with E-state index in [0.717, 1.165) is 45.3 Å². The third kappa shape index (κ3) is 3.79. The smallest absolute Gasteiger partial charge is 0.246 e. The van der Waals surface area contributed by atoms with E-state index >= 15 is 0 Å². The molecule has 0 aromatic heterocycles. The quantitative estimate of drug-likeness (QED) is 0.660. The van der Waals surface area contributed by atoms with Gasteiger partial charge in [-0.25, -0.2) is 8.42 Å². The van der Waals surface area contributed by atoms with Crippen LogP contribution < -0.4 is 0 Å². The van der Waals surface area contributed by atoms with Crippen LogP contribution >= 0.6 is 39.1 Å². The third-order valence-electron chi connectivity index (χ3n) is 4.77. The fourth-order valence-corrected chi connectivity index (χ4v) is 7.21.